The smallest absolute Gasteiger partial charge is 0.320 e. The topological polar surface area (TPSA) is 55.8 Å². The second kappa shape index (κ2) is 7.44. The second-order valence-corrected chi connectivity index (χ2v) is 6.73. The maximum Gasteiger partial charge on any atom is 0.320 e. The summed E-state index contributed by atoms with van der Waals surface area (Å²) in [5.74, 6) is 0.457. The highest BCUT2D eigenvalue weighted by Gasteiger charge is 2.30. The molecule has 0 saturated carbocycles. The van der Waals surface area contributed by atoms with Crippen LogP contribution in [-0.2, 0) is 9.53 Å². The fraction of sp³-hybridized carbons (Fsp3) is 0.429. The van der Waals surface area contributed by atoms with E-state index < -0.39 is 0 Å². The third-order valence-corrected chi connectivity index (χ3v) is 4.99. The summed E-state index contributed by atoms with van der Waals surface area (Å²) in [6, 6.07) is 3.03. The number of halogens is 2. The number of hydrogen-bond acceptors (Lipinski definition) is 5. The molecule has 0 bridgehead atoms. The molecule has 1 aliphatic heterocycles. The molecule has 1 saturated heterocycles. The monoisotopic (exact) mass is 363 g/mol. The summed E-state index contributed by atoms with van der Waals surface area (Å²) in [5, 5.41) is 0.176. The molecular weight excluding hydrogens is 349 g/mol. The quantitative estimate of drug-likeness (QED) is 0.772. The third kappa shape index (κ3) is 3.62. The van der Waals surface area contributed by atoms with Crippen LogP contribution in [0.4, 0.5) is 0 Å². The number of benzene rings is 1. The highest BCUT2D eigenvalue weighted by molar-refractivity contribution is 8.00. The van der Waals surface area contributed by atoms with Crippen LogP contribution in [-0.4, -0.2) is 55.1 Å². The Bertz CT molecular complexity index is 573. The lowest BCUT2D eigenvalue weighted by Gasteiger charge is -2.31. The van der Waals surface area contributed by atoms with E-state index in [9.17, 15) is 9.59 Å². The van der Waals surface area contributed by atoms with E-state index in [0.717, 1.165) is 0 Å². The average Bonchev–Trinajstić information content (AvgIpc) is 2.53. The van der Waals surface area contributed by atoms with E-state index in [0.29, 0.717) is 30.2 Å². The molecular formula is C14H15Cl2NO4S. The molecule has 0 unspecified atom stereocenters. The van der Waals surface area contributed by atoms with Crippen LogP contribution in [0.15, 0.2) is 12.1 Å². The lowest BCUT2D eigenvalue weighted by molar-refractivity contribution is -0.140. The van der Waals surface area contributed by atoms with E-state index in [1.165, 1.54) is 38.1 Å². The van der Waals surface area contributed by atoms with Crippen molar-refractivity contribution in [1.29, 1.82) is 0 Å². The maximum absolute atomic E-state index is 12.6. The molecule has 2 rings (SSSR count). The van der Waals surface area contributed by atoms with Gasteiger partial charge in [0.05, 0.1) is 24.3 Å². The predicted molar refractivity (Wildman–Crippen MR) is 87.2 cm³/mol. The average molecular weight is 364 g/mol. The first kappa shape index (κ1) is 17.2. The number of carbonyl (C=O) groups is 2. The number of ether oxygens (including phenoxy) is 2. The van der Waals surface area contributed by atoms with Gasteiger partial charge in [-0.25, -0.2) is 0 Å². The maximum atomic E-state index is 12.6. The van der Waals surface area contributed by atoms with Gasteiger partial charge in [0.25, 0.3) is 5.91 Å². The Kier molecular flexibility index (Phi) is 5.83. The largest absolute Gasteiger partial charge is 0.494 e. The van der Waals surface area contributed by atoms with E-state index in [2.05, 4.69) is 0 Å². The molecule has 1 aromatic rings. The summed E-state index contributed by atoms with van der Waals surface area (Å²) in [7, 11) is 2.80. The summed E-state index contributed by atoms with van der Waals surface area (Å²) >= 11 is 13.6. The van der Waals surface area contributed by atoms with Crippen molar-refractivity contribution >= 4 is 46.8 Å². The van der Waals surface area contributed by atoms with Gasteiger partial charge in [-0.2, -0.15) is 0 Å². The van der Waals surface area contributed by atoms with Crippen molar-refractivity contribution in [3.63, 3.8) is 0 Å². The molecule has 1 atom stereocenters. The summed E-state index contributed by atoms with van der Waals surface area (Å²) in [5.41, 5.74) is 0.367. The van der Waals surface area contributed by atoms with Crippen LogP contribution in [0.25, 0.3) is 0 Å². The molecule has 0 radical (unpaired) electrons. The Hall–Kier alpha value is -1.11. The predicted octanol–water partition coefficient (Wildman–Crippen LogP) is 2.73. The summed E-state index contributed by atoms with van der Waals surface area (Å²) < 4.78 is 9.80. The minimum absolute atomic E-state index is 0.222. The van der Waals surface area contributed by atoms with E-state index in [1.54, 1.807) is 4.90 Å². The molecule has 22 heavy (non-hydrogen) atoms. The van der Waals surface area contributed by atoms with Crippen molar-refractivity contribution < 1.29 is 19.1 Å². The number of esters is 1. The van der Waals surface area contributed by atoms with Crippen molar-refractivity contribution in [3.05, 3.63) is 27.7 Å². The highest BCUT2D eigenvalue weighted by Crippen LogP contribution is 2.34. The van der Waals surface area contributed by atoms with Crippen LogP contribution in [0.1, 0.15) is 10.4 Å². The van der Waals surface area contributed by atoms with E-state index in [-0.39, 0.29) is 27.2 Å². The fourth-order valence-electron chi connectivity index (χ4n) is 2.17. The Morgan fingerprint density at radius 2 is 1.91 bits per heavy atom. The van der Waals surface area contributed by atoms with E-state index in [4.69, 9.17) is 32.7 Å². The number of thioether (sulfide) groups is 1. The molecule has 0 aliphatic carbocycles. The number of rotatable bonds is 3. The van der Waals surface area contributed by atoms with Gasteiger partial charge in [-0.1, -0.05) is 23.2 Å². The molecule has 1 amide bonds. The van der Waals surface area contributed by atoms with Gasteiger partial charge in [0.1, 0.15) is 5.25 Å². The minimum Gasteiger partial charge on any atom is -0.494 e. The van der Waals surface area contributed by atoms with Crippen LogP contribution in [0.2, 0.25) is 10.0 Å². The number of methoxy groups -OCH3 is 2. The molecule has 5 nitrogen and oxygen atoms in total. The number of amides is 1. The summed E-state index contributed by atoms with van der Waals surface area (Å²) in [4.78, 5) is 25.8. The van der Waals surface area contributed by atoms with Crippen molar-refractivity contribution in [3.8, 4) is 5.75 Å². The van der Waals surface area contributed by atoms with Crippen LogP contribution < -0.4 is 4.74 Å². The second-order valence-electron chi connectivity index (χ2n) is 4.61. The van der Waals surface area contributed by atoms with Crippen molar-refractivity contribution in [1.82, 2.24) is 4.90 Å². The van der Waals surface area contributed by atoms with Gasteiger partial charge in [-0.05, 0) is 12.1 Å². The van der Waals surface area contributed by atoms with Crippen LogP contribution in [0.5, 0.6) is 5.75 Å². The first-order valence-electron chi connectivity index (χ1n) is 6.49. The molecule has 1 aromatic carbocycles. The lowest BCUT2D eigenvalue weighted by atomic mass is 10.1. The van der Waals surface area contributed by atoms with Crippen molar-refractivity contribution in [2.75, 3.05) is 33.1 Å². The summed E-state index contributed by atoms with van der Waals surface area (Å²) in [6.07, 6.45) is 0. The Labute approximate surface area is 142 Å². The van der Waals surface area contributed by atoms with E-state index in [1.807, 2.05) is 0 Å². The van der Waals surface area contributed by atoms with Crippen LogP contribution in [0.3, 0.4) is 0 Å². The lowest BCUT2D eigenvalue weighted by Crippen LogP contribution is -2.45. The number of hydrogen-bond donors (Lipinski definition) is 0. The fourth-order valence-corrected chi connectivity index (χ4v) is 3.94. The molecule has 0 N–H and O–H groups in total. The van der Waals surface area contributed by atoms with Gasteiger partial charge in [0.2, 0.25) is 0 Å². The molecule has 8 heteroatoms. The third-order valence-electron chi connectivity index (χ3n) is 3.27. The molecule has 1 fully saturated rings. The SMILES string of the molecule is COC(=O)[C@H]1CN(C(=O)c2cc(Cl)c(OC)c(Cl)c2)CCS1. The molecule has 0 aromatic heterocycles. The zero-order valence-corrected chi connectivity index (χ0v) is 14.4. The zero-order chi connectivity index (χ0) is 16.3. The van der Waals surface area contributed by atoms with Gasteiger partial charge in [0.15, 0.2) is 5.75 Å². The zero-order valence-electron chi connectivity index (χ0n) is 12.1. The minimum atomic E-state index is -0.369. The van der Waals surface area contributed by atoms with Crippen LogP contribution >= 0.6 is 35.0 Å². The van der Waals surface area contributed by atoms with Crippen molar-refractivity contribution in [2.45, 2.75) is 5.25 Å². The van der Waals surface area contributed by atoms with Gasteiger partial charge >= 0.3 is 5.97 Å². The Balaban J connectivity index is 2.19. The number of nitrogens with zero attached hydrogens (tertiary/aromatic N) is 1. The first-order valence-corrected chi connectivity index (χ1v) is 8.30. The van der Waals surface area contributed by atoms with Crippen molar-refractivity contribution in [2.24, 2.45) is 0 Å². The number of carbonyl (C=O) groups excluding carboxylic acids is 2. The normalized spacial score (nSPS) is 18.0. The van der Waals surface area contributed by atoms with E-state index >= 15 is 0 Å². The first-order chi connectivity index (χ1) is 10.5. The van der Waals surface area contributed by atoms with Gasteiger partial charge in [0, 0.05) is 24.4 Å². The van der Waals surface area contributed by atoms with Gasteiger partial charge in [-0.15, -0.1) is 11.8 Å². The Morgan fingerprint density at radius 3 is 2.45 bits per heavy atom. The standard InChI is InChI=1S/C14H15Cl2NO4S/c1-20-12-9(15)5-8(6-10(12)16)13(18)17-3-4-22-11(7-17)14(19)21-2/h5-6,11H,3-4,7H2,1-2H3/t11-/m1/s1. The molecule has 1 aliphatic rings. The highest BCUT2D eigenvalue weighted by atomic mass is 35.5. The van der Waals surface area contributed by atoms with Crippen LogP contribution in [0, 0.1) is 0 Å². The molecule has 120 valence electrons. The Morgan fingerprint density at radius 1 is 1.27 bits per heavy atom. The van der Waals surface area contributed by atoms with Gasteiger partial charge in [-0.3, -0.25) is 9.59 Å². The van der Waals surface area contributed by atoms with Gasteiger partial charge < -0.3 is 14.4 Å². The summed E-state index contributed by atoms with van der Waals surface area (Å²) in [6.45, 7) is 0.857. The molecule has 0 spiro atoms. The molecule has 1 heterocycles.